The molecule has 4 aromatic rings. The van der Waals surface area contributed by atoms with Gasteiger partial charge in [-0.1, -0.05) is 12.1 Å². The van der Waals surface area contributed by atoms with E-state index in [0.717, 1.165) is 0 Å². The molecule has 0 atom stereocenters. The maximum Gasteiger partial charge on any atom is 0.214 e. The quantitative estimate of drug-likeness (QED) is 0.463. The van der Waals surface area contributed by atoms with Gasteiger partial charge in [-0.15, -0.1) is 0 Å². The number of aromatic amines is 1. The Morgan fingerprint density at radius 2 is 1.62 bits per heavy atom. The fourth-order valence-electron chi connectivity index (χ4n) is 3.36. The van der Waals surface area contributed by atoms with Crippen molar-refractivity contribution in [3.05, 3.63) is 53.2 Å². The predicted molar refractivity (Wildman–Crippen MR) is 88.7 cm³/mol. The summed E-state index contributed by atoms with van der Waals surface area (Å²) in [5, 5.41) is 3.95. The second-order valence-electron chi connectivity index (χ2n) is 6.02. The summed E-state index contributed by atoms with van der Waals surface area (Å²) in [6.07, 6.45) is 0. The van der Waals surface area contributed by atoms with Crippen molar-refractivity contribution in [2.75, 3.05) is 0 Å². The lowest BCUT2D eigenvalue weighted by molar-refractivity contribution is -0.649. The van der Waals surface area contributed by atoms with E-state index in [1.807, 2.05) is 0 Å². The fraction of sp³-hybridized carbons (Fsp3) is 0.211. The lowest BCUT2D eigenvalue weighted by Gasteiger charge is -2.03. The molecule has 0 aliphatic heterocycles. The van der Waals surface area contributed by atoms with E-state index in [1.54, 1.807) is 0 Å². The topological polar surface area (TPSA) is 19.7 Å². The molecule has 0 aliphatic rings. The highest BCUT2D eigenvalue weighted by Crippen LogP contribution is 2.32. The minimum atomic E-state index is 1.23. The normalized spacial score (nSPS) is 11.8. The van der Waals surface area contributed by atoms with Crippen molar-refractivity contribution in [3.63, 3.8) is 0 Å². The van der Waals surface area contributed by atoms with Crippen LogP contribution in [0.2, 0.25) is 0 Å². The number of fused-ring (bicyclic) bond motifs is 5. The summed E-state index contributed by atoms with van der Waals surface area (Å²) in [6.45, 7) is 6.56. The van der Waals surface area contributed by atoms with Gasteiger partial charge in [0.15, 0.2) is 5.69 Å². The van der Waals surface area contributed by atoms with Crippen LogP contribution in [-0.2, 0) is 7.05 Å². The Morgan fingerprint density at radius 3 is 2.43 bits per heavy atom. The molecular weight excluding hydrogens is 256 g/mol. The van der Waals surface area contributed by atoms with Gasteiger partial charge in [-0.2, -0.15) is 4.57 Å². The first-order valence-corrected chi connectivity index (χ1v) is 7.38. The molecule has 0 radical (unpaired) electrons. The number of para-hydroxylation sites is 1. The van der Waals surface area contributed by atoms with Crippen LogP contribution in [0.25, 0.3) is 32.7 Å². The van der Waals surface area contributed by atoms with E-state index in [2.05, 4.69) is 73.8 Å². The van der Waals surface area contributed by atoms with Crippen molar-refractivity contribution < 1.29 is 4.57 Å². The van der Waals surface area contributed by atoms with Gasteiger partial charge in [-0.05, 0) is 43.2 Å². The Bertz CT molecular complexity index is 1020. The Kier molecular flexibility index (Phi) is 2.41. The number of pyridine rings is 1. The van der Waals surface area contributed by atoms with Gasteiger partial charge in [0.05, 0.1) is 16.3 Å². The van der Waals surface area contributed by atoms with E-state index >= 15 is 0 Å². The van der Waals surface area contributed by atoms with Gasteiger partial charge in [0.1, 0.15) is 7.05 Å². The second kappa shape index (κ2) is 4.08. The maximum atomic E-state index is 3.64. The average Bonchev–Trinajstić information content (AvgIpc) is 2.84. The smallest absolute Gasteiger partial charge is 0.214 e. The van der Waals surface area contributed by atoms with E-state index in [4.69, 9.17) is 0 Å². The molecule has 0 bridgehead atoms. The third-order valence-electron chi connectivity index (χ3n) is 4.81. The van der Waals surface area contributed by atoms with Crippen LogP contribution in [-0.4, -0.2) is 4.98 Å². The van der Waals surface area contributed by atoms with Crippen LogP contribution in [0, 0.1) is 20.8 Å². The van der Waals surface area contributed by atoms with Gasteiger partial charge in [-0.3, -0.25) is 0 Å². The zero-order valence-corrected chi connectivity index (χ0v) is 12.9. The van der Waals surface area contributed by atoms with E-state index in [1.165, 1.54) is 49.5 Å². The molecule has 21 heavy (non-hydrogen) atoms. The fourth-order valence-corrected chi connectivity index (χ4v) is 3.36. The number of H-pyrrole nitrogens is 1. The number of benzene rings is 2. The Balaban J connectivity index is 2.35. The summed E-state index contributed by atoms with van der Waals surface area (Å²) in [5.74, 6) is 0. The third-order valence-corrected chi connectivity index (χ3v) is 4.81. The van der Waals surface area contributed by atoms with Crippen molar-refractivity contribution in [1.82, 2.24) is 4.98 Å². The average molecular weight is 275 g/mol. The molecule has 104 valence electrons. The molecule has 0 fully saturated rings. The van der Waals surface area contributed by atoms with Gasteiger partial charge in [-0.25, -0.2) is 0 Å². The molecule has 0 saturated carbocycles. The number of rotatable bonds is 0. The number of hydrogen-bond acceptors (Lipinski definition) is 0. The Morgan fingerprint density at radius 1 is 0.905 bits per heavy atom. The number of nitrogens with zero attached hydrogens (tertiary/aromatic N) is 1. The Labute approximate surface area is 124 Å². The number of aryl methyl sites for hydroxylation is 4. The van der Waals surface area contributed by atoms with Crippen molar-refractivity contribution in [2.45, 2.75) is 20.8 Å². The second-order valence-corrected chi connectivity index (χ2v) is 6.02. The summed E-state index contributed by atoms with van der Waals surface area (Å²) < 4.78 is 2.29. The number of hydrogen-bond donors (Lipinski definition) is 1. The molecule has 0 spiro atoms. The summed E-state index contributed by atoms with van der Waals surface area (Å²) in [6, 6.07) is 13.2. The van der Waals surface area contributed by atoms with Gasteiger partial charge in [0.25, 0.3) is 0 Å². The number of nitrogens with one attached hydrogen (secondary N) is 1. The molecule has 2 aromatic heterocycles. The van der Waals surface area contributed by atoms with E-state index in [-0.39, 0.29) is 0 Å². The summed E-state index contributed by atoms with van der Waals surface area (Å²) in [4.78, 5) is 3.64. The molecule has 4 rings (SSSR count). The summed E-state index contributed by atoms with van der Waals surface area (Å²) in [7, 11) is 2.15. The van der Waals surface area contributed by atoms with Crippen LogP contribution in [0.4, 0.5) is 0 Å². The van der Waals surface area contributed by atoms with Gasteiger partial charge in [0.2, 0.25) is 5.52 Å². The van der Waals surface area contributed by atoms with Gasteiger partial charge in [0, 0.05) is 23.9 Å². The lowest BCUT2D eigenvalue weighted by atomic mass is 10.0. The summed E-state index contributed by atoms with van der Waals surface area (Å²) >= 11 is 0. The van der Waals surface area contributed by atoms with E-state index in [0.29, 0.717) is 0 Å². The van der Waals surface area contributed by atoms with Gasteiger partial charge >= 0.3 is 0 Å². The first-order chi connectivity index (χ1) is 10.1. The molecule has 2 nitrogen and oxygen atoms in total. The highest BCUT2D eigenvalue weighted by molar-refractivity contribution is 6.16. The third kappa shape index (κ3) is 1.56. The van der Waals surface area contributed by atoms with E-state index < -0.39 is 0 Å². The predicted octanol–water partition coefficient (Wildman–Crippen LogP) is 4.22. The van der Waals surface area contributed by atoms with Crippen molar-refractivity contribution in [3.8, 4) is 0 Å². The largest absolute Gasteiger partial charge is 0.354 e. The van der Waals surface area contributed by atoms with Crippen LogP contribution in [0.5, 0.6) is 0 Å². The molecule has 1 N–H and O–H groups in total. The zero-order valence-electron chi connectivity index (χ0n) is 12.9. The zero-order chi connectivity index (χ0) is 14.7. The van der Waals surface area contributed by atoms with E-state index in [9.17, 15) is 0 Å². The first kappa shape index (κ1) is 12.4. The molecule has 0 saturated heterocycles. The Hall–Kier alpha value is -2.35. The highest BCUT2D eigenvalue weighted by Gasteiger charge is 2.19. The van der Waals surface area contributed by atoms with Crippen LogP contribution in [0.1, 0.15) is 16.8 Å². The van der Waals surface area contributed by atoms with Gasteiger partial charge < -0.3 is 4.98 Å². The summed E-state index contributed by atoms with van der Waals surface area (Å²) in [5.41, 5.74) is 7.73. The number of aromatic nitrogens is 2. The maximum absolute atomic E-state index is 3.64. The molecule has 0 unspecified atom stereocenters. The monoisotopic (exact) mass is 275 g/mol. The molecule has 2 heteroatoms. The van der Waals surface area contributed by atoms with Crippen LogP contribution in [0.15, 0.2) is 36.4 Å². The van der Waals surface area contributed by atoms with Crippen LogP contribution < -0.4 is 4.57 Å². The lowest BCUT2D eigenvalue weighted by Crippen LogP contribution is -2.32. The molecule has 2 aromatic carbocycles. The van der Waals surface area contributed by atoms with Crippen LogP contribution in [0.3, 0.4) is 0 Å². The molecule has 0 aliphatic carbocycles. The molecular formula is C19H19N2+. The molecule has 2 heterocycles. The minimum absolute atomic E-state index is 1.23. The van der Waals surface area contributed by atoms with Crippen molar-refractivity contribution in [1.29, 1.82) is 0 Å². The SMILES string of the molecule is Cc1cc2[nH]c3c4ccccc4[n+](C)c(C)c3c2cc1C. The standard InChI is InChI=1S/C19H18N2/c1-11-9-15-16(10-12(11)2)20-19-14-7-5-6-8-17(14)21(4)13(3)18(15)19/h5-10H,1-4H3/p+1. The van der Waals surface area contributed by atoms with Crippen molar-refractivity contribution in [2.24, 2.45) is 7.05 Å². The highest BCUT2D eigenvalue weighted by atomic mass is 14.9. The van der Waals surface area contributed by atoms with Crippen molar-refractivity contribution >= 4 is 32.7 Å². The van der Waals surface area contributed by atoms with Crippen LogP contribution >= 0.6 is 0 Å². The molecule has 0 amide bonds. The first-order valence-electron chi connectivity index (χ1n) is 7.38. The minimum Gasteiger partial charge on any atom is -0.354 e.